The Morgan fingerprint density at radius 2 is 1.71 bits per heavy atom. The third-order valence-corrected chi connectivity index (χ3v) is 5.83. The molecule has 0 bridgehead atoms. The average molecular weight is 415 g/mol. The van der Waals surface area contributed by atoms with Crippen LogP contribution in [0.2, 0.25) is 0 Å². The number of carbonyl (C=O) groups is 2. The second-order valence-corrected chi connectivity index (χ2v) is 7.77. The van der Waals surface area contributed by atoms with Crippen molar-refractivity contribution in [3.05, 3.63) is 90.3 Å². The number of para-hydroxylation sites is 2. The van der Waals surface area contributed by atoms with Gasteiger partial charge in [-0.1, -0.05) is 36.4 Å². The highest BCUT2D eigenvalue weighted by atomic mass is 16.5. The molecule has 5 nitrogen and oxygen atoms in total. The van der Waals surface area contributed by atoms with Gasteiger partial charge in [0.1, 0.15) is 0 Å². The van der Waals surface area contributed by atoms with Gasteiger partial charge in [-0.25, -0.2) is 0 Å². The van der Waals surface area contributed by atoms with Gasteiger partial charge in [-0.05, 0) is 67.6 Å². The summed E-state index contributed by atoms with van der Waals surface area (Å²) in [6, 6.07) is 21.6. The smallest absolute Gasteiger partial charge is 0.305 e. The summed E-state index contributed by atoms with van der Waals surface area (Å²) in [5.74, 6) is -0.180. The molecule has 0 N–H and O–H groups in total. The highest BCUT2D eigenvalue weighted by molar-refractivity contribution is 6.13. The maximum Gasteiger partial charge on any atom is 0.305 e. The summed E-state index contributed by atoms with van der Waals surface area (Å²) in [5, 5.41) is 0. The number of carbonyl (C=O) groups excluding carboxylic acids is 2. The molecule has 0 fully saturated rings. The lowest BCUT2D eigenvalue weighted by Crippen LogP contribution is -2.40. The number of esters is 1. The minimum atomic E-state index is -0.750. The molecule has 1 aliphatic rings. The Labute approximate surface area is 182 Å². The quantitative estimate of drug-likeness (QED) is 0.488. The van der Waals surface area contributed by atoms with Crippen LogP contribution in [0.1, 0.15) is 37.3 Å². The highest BCUT2D eigenvalue weighted by Gasteiger charge is 2.50. The molecule has 0 spiro atoms. The molecular weight excluding hydrogens is 388 g/mol. The van der Waals surface area contributed by atoms with Gasteiger partial charge in [-0.3, -0.25) is 19.5 Å². The highest BCUT2D eigenvalue weighted by Crippen LogP contribution is 2.49. The SMILES string of the molecule is CCOC(=O)CCCC1(Cc2ccncc2)C(=O)N(c2ccccc2)c2ccccc21. The maximum absolute atomic E-state index is 14.1. The van der Waals surface area contributed by atoms with E-state index in [0.29, 0.717) is 32.3 Å². The van der Waals surface area contributed by atoms with Gasteiger partial charge in [0.2, 0.25) is 5.91 Å². The van der Waals surface area contributed by atoms with Gasteiger partial charge >= 0.3 is 5.97 Å². The second kappa shape index (κ2) is 9.13. The molecule has 0 saturated heterocycles. The molecule has 4 rings (SSSR count). The van der Waals surface area contributed by atoms with Gasteiger partial charge in [0, 0.05) is 24.5 Å². The van der Waals surface area contributed by atoms with Gasteiger partial charge in [0.15, 0.2) is 0 Å². The van der Waals surface area contributed by atoms with Crippen molar-refractivity contribution in [2.75, 3.05) is 11.5 Å². The first-order valence-corrected chi connectivity index (χ1v) is 10.7. The molecule has 1 atom stereocenters. The zero-order valence-electron chi connectivity index (χ0n) is 17.7. The summed E-state index contributed by atoms with van der Waals surface area (Å²) in [5.41, 5.74) is 3.06. The van der Waals surface area contributed by atoms with Crippen LogP contribution in [0.15, 0.2) is 79.1 Å². The fraction of sp³-hybridized carbons (Fsp3) is 0.269. The number of benzene rings is 2. The van der Waals surface area contributed by atoms with Crippen molar-refractivity contribution in [1.82, 2.24) is 4.98 Å². The normalized spacial score (nSPS) is 17.5. The molecule has 0 radical (unpaired) electrons. The van der Waals surface area contributed by atoms with E-state index in [0.717, 1.165) is 22.5 Å². The first kappa shape index (κ1) is 20.8. The topological polar surface area (TPSA) is 59.5 Å². The zero-order valence-corrected chi connectivity index (χ0v) is 17.7. The first-order valence-electron chi connectivity index (χ1n) is 10.7. The van der Waals surface area contributed by atoms with E-state index in [1.54, 1.807) is 19.3 Å². The van der Waals surface area contributed by atoms with Gasteiger partial charge in [-0.2, -0.15) is 0 Å². The Bertz CT molecular complexity index is 1050. The number of hydrogen-bond acceptors (Lipinski definition) is 4. The Hall–Kier alpha value is -3.47. The van der Waals surface area contributed by atoms with Gasteiger partial charge in [0.05, 0.1) is 17.7 Å². The third kappa shape index (κ3) is 4.08. The van der Waals surface area contributed by atoms with Crippen LogP contribution in [0.25, 0.3) is 0 Å². The summed E-state index contributed by atoms with van der Waals surface area (Å²) >= 11 is 0. The molecule has 1 aliphatic heterocycles. The van der Waals surface area contributed by atoms with Crippen molar-refractivity contribution >= 4 is 23.3 Å². The average Bonchev–Trinajstić information content (AvgIpc) is 3.03. The van der Waals surface area contributed by atoms with E-state index in [1.807, 2.05) is 71.6 Å². The maximum atomic E-state index is 14.1. The van der Waals surface area contributed by atoms with E-state index in [2.05, 4.69) is 4.98 Å². The Balaban J connectivity index is 1.75. The Morgan fingerprint density at radius 3 is 2.45 bits per heavy atom. The van der Waals surface area contributed by atoms with Gasteiger partial charge < -0.3 is 4.74 Å². The van der Waals surface area contributed by atoms with Gasteiger partial charge in [0.25, 0.3) is 0 Å². The minimum absolute atomic E-state index is 0.0422. The largest absolute Gasteiger partial charge is 0.466 e. The molecule has 0 saturated carbocycles. The van der Waals surface area contributed by atoms with Crippen LogP contribution >= 0.6 is 0 Å². The lowest BCUT2D eigenvalue weighted by Gasteiger charge is -2.29. The lowest BCUT2D eigenvalue weighted by atomic mass is 9.73. The predicted octanol–water partition coefficient (Wildman–Crippen LogP) is 4.97. The Kier molecular flexibility index (Phi) is 6.12. The molecule has 158 valence electrons. The number of aromatic nitrogens is 1. The molecule has 5 heteroatoms. The summed E-state index contributed by atoms with van der Waals surface area (Å²) in [7, 11) is 0. The molecule has 1 aromatic heterocycles. The summed E-state index contributed by atoms with van der Waals surface area (Å²) in [4.78, 5) is 32.0. The van der Waals surface area contributed by atoms with Crippen molar-refractivity contribution in [2.24, 2.45) is 0 Å². The standard InChI is InChI=1S/C26H26N2O3/c1-2-31-24(29)13-8-16-26(19-20-14-17-27-18-15-20)22-11-6-7-12-23(22)28(25(26)30)21-9-4-3-5-10-21/h3-7,9-12,14-15,17-18H,2,8,13,16,19H2,1H3. The lowest BCUT2D eigenvalue weighted by molar-refractivity contribution is -0.143. The number of ether oxygens (including phenoxy) is 1. The zero-order chi connectivity index (χ0) is 21.7. The number of fused-ring (bicyclic) bond motifs is 1. The van der Waals surface area contributed by atoms with E-state index in [9.17, 15) is 9.59 Å². The van der Waals surface area contributed by atoms with Crippen LogP contribution in [-0.2, 0) is 26.2 Å². The number of hydrogen-bond donors (Lipinski definition) is 0. The fourth-order valence-corrected chi connectivity index (χ4v) is 4.46. The second-order valence-electron chi connectivity index (χ2n) is 7.77. The molecular formula is C26H26N2O3. The molecule has 1 unspecified atom stereocenters. The van der Waals surface area contributed by atoms with Crippen molar-refractivity contribution in [3.8, 4) is 0 Å². The van der Waals surface area contributed by atoms with Crippen molar-refractivity contribution < 1.29 is 14.3 Å². The van der Waals surface area contributed by atoms with E-state index >= 15 is 0 Å². The number of nitrogens with zero attached hydrogens (tertiary/aromatic N) is 2. The van der Waals surface area contributed by atoms with E-state index in [4.69, 9.17) is 4.74 Å². The first-order chi connectivity index (χ1) is 15.2. The number of rotatable bonds is 8. The molecule has 3 aromatic rings. The van der Waals surface area contributed by atoms with Crippen LogP contribution < -0.4 is 4.90 Å². The molecule has 2 heterocycles. The van der Waals surface area contributed by atoms with Crippen molar-refractivity contribution in [2.45, 2.75) is 38.0 Å². The minimum Gasteiger partial charge on any atom is -0.466 e. The molecule has 1 amide bonds. The van der Waals surface area contributed by atoms with Crippen molar-refractivity contribution in [3.63, 3.8) is 0 Å². The van der Waals surface area contributed by atoms with Crippen LogP contribution in [0.5, 0.6) is 0 Å². The number of anilines is 2. The van der Waals surface area contributed by atoms with E-state index in [-0.39, 0.29) is 11.9 Å². The molecule has 2 aromatic carbocycles. The number of amides is 1. The molecule has 0 aliphatic carbocycles. The monoisotopic (exact) mass is 414 g/mol. The number of pyridine rings is 1. The van der Waals surface area contributed by atoms with Gasteiger partial charge in [-0.15, -0.1) is 0 Å². The van der Waals surface area contributed by atoms with Crippen LogP contribution in [0.3, 0.4) is 0 Å². The van der Waals surface area contributed by atoms with E-state index < -0.39 is 5.41 Å². The van der Waals surface area contributed by atoms with E-state index in [1.165, 1.54) is 0 Å². The summed E-state index contributed by atoms with van der Waals surface area (Å²) in [6.07, 6.45) is 5.49. The van der Waals surface area contributed by atoms with Crippen LogP contribution in [-0.4, -0.2) is 23.5 Å². The molecule has 31 heavy (non-hydrogen) atoms. The summed E-state index contributed by atoms with van der Waals surface area (Å²) < 4.78 is 5.10. The van der Waals surface area contributed by atoms with Crippen LogP contribution in [0, 0.1) is 0 Å². The van der Waals surface area contributed by atoms with Crippen molar-refractivity contribution in [1.29, 1.82) is 0 Å². The predicted molar refractivity (Wildman–Crippen MR) is 120 cm³/mol. The third-order valence-electron chi connectivity index (χ3n) is 5.83. The Morgan fingerprint density at radius 1 is 1.00 bits per heavy atom. The summed E-state index contributed by atoms with van der Waals surface area (Å²) in [6.45, 7) is 2.17. The fourth-order valence-electron chi connectivity index (χ4n) is 4.46. The van der Waals surface area contributed by atoms with Crippen LogP contribution in [0.4, 0.5) is 11.4 Å².